The largest absolute Gasteiger partial charge is 0.488 e. The first-order valence-corrected chi connectivity index (χ1v) is 10.6. The summed E-state index contributed by atoms with van der Waals surface area (Å²) in [7, 11) is 1.62. The van der Waals surface area contributed by atoms with E-state index in [4.69, 9.17) is 14.5 Å². The normalized spacial score (nSPS) is 15.4. The first kappa shape index (κ1) is 18.9. The molecule has 1 fully saturated rings. The summed E-state index contributed by atoms with van der Waals surface area (Å²) in [6.45, 7) is 7.49. The molecule has 0 N–H and O–H groups in total. The zero-order chi connectivity index (χ0) is 20.7. The van der Waals surface area contributed by atoms with Crippen molar-refractivity contribution < 1.29 is 9.47 Å². The highest BCUT2D eigenvalue weighted by Gasteiger charge is 2.25. The molecule has 0 aromatic carbocycles. The number of hydrogen-bond acceptors (Lipinski definition) is 6. The minimum Gasteiger partial charge on any atom is -0.488 e. The third-order valence-corrected chi connectivity index (χ3v) is 5.91. The van der Waals surface area contributed by atoms with E-state index >= 15 is 0 Å². The van der Waals surface area contributed by atoms with Gasteiger partial charge in [0.1, 0.15) is 0 Å². The molecule has 0 unspecified atom stereocenters. The fourth-order valence-corrected chi connectivity index (χ4v) is 3.88. The molecular weight excluding hydrogens is 378 g/mol. The van der Waals surface area contributed by atoms with Crippen molar-refractivity contribution in [2.45, 2.75) is 46.3 Å². The predicted molar refractivity (Wildman–Crippen MR) is 115 cm³/mol. The molecule has 5 rings (SSSR count). The van der Waals surface area contributed by atoms with Crippen LogP contribution in [0.1, 0.15) is 36.6 Å². The number of aryl methyl sites for hydroxylation is 2. The van der Waals surface area contributed by atoms with Gasteiger partial charge in [-0.3, -0.25) is 9.67 Å². The van der Waals surface area contributed by atoms with Crippen molar-refractivity contribution in [3.05, 3.63) is 47.5 Å². The van der Waals surface area contributed by atoms with Crippen LogP contribution >= 0.6 is 0 Å². The van der Waals surface area contributed by atoms with Crippen LogP contribution in [0.4, 0.5) is 5.69 Å². The molecule has 0 bridgehead atoms. The molecule has 0 saturated heterocycles. The molecule has 3 aromatic heterocycles. The van der Waals surface area contributed by atoms with Crippen LogP contribution in [0.5, 0.6) is 11.6 Å². The van der Waals surface area contributed by atoms with E-state index in [1.807, 2.05) is 23.1 Å². The predicted octanol–water partition coefficient (Wildman–Crippen LogP) is 3.99. The summed E-state index contributed by atoms with van der Waals surface area (Å²) in [6, 6.07) is 4.15. The maximum absolute atomic E-state index is 5.99. The van der Waals surface area contributed by atoms with Crippen LogP contribution in [0.3, 0.4) is 0 Å². The SMILES string of the molecule is CCn1cc(N2Cc3nc(-c4cnc(OC)c(OCC5CC5)c4)cc(C)c3C2)cn1. The Balaban J connectivity index is 1.42. The number of pyridine rings is 2. The molecule has 0 spiro atoms. The van der Waals surface area contributed by atoms with Crippen LogP contribution in [0.2, 0.25) is 0 Å². The summed E-state index contributed by atoms with van der Waals surface area (Å²) in [6.07, 6.45) is 8.33. The van der Waals surface area contributed by atoms with Gasteiger partial charge in [0.25, 0.3) is 5.88 Å². The minimum absolute atomic E-state index is 0.524. The van der Waals surface area contributed by atoms with E-state index in [1.54, 1.807) is 7.11 Å². The molecule has 7 nitrogen and oxygen atoms in total. The number of rotatable bonds is 7. The lowest BCUT2D eigenvalue weighted by Gasteiger charge is -2.14. The highest BCUT2D eigenvalue weighted by atomic mass is 16.5. The van der Waals surface area contributed by atoms with E-state index in [9.17, 15) is 0 Å². The smallest absolute Gasteiger partial charge is 0.256 e. The van der Waals surface area contributed by atoms with Crippen LogP contribution in [0.15, 0.2) is 30.7 Å². The first-order chi connectivity index (χ1) is 14.6. The Bertz CT molecular complexity index is 1070. The molecule has 1 aliphatic carbocycles. The molecule has 3 aromatic rings. The van der Waals surface area contributed by atoms with Crippen molar-refractivity contribution in [2.75, 3.05) is 18.6 Å². The lowest BCUT2D eigenvalue weighted by atomic mass is 10.1. The van der Waals surface area contributed by atoms with Crippen molar-refractivity contribution in [3.8, 4) is 22.9 Å². The van der Waals surface area contributed by atoms with Gasteiger partial charge < -0.3 is 14.4 Å². The Morgan fingerprint density at radius 1 is 1.17 bits per heavy atom. The minimum atomic E-state index is 0.524. The van der Waals surface area contributed by atoms with Gasteiger partial charge in [-0.1, -0.05) is 0 Å². The second-order valence-corrected chi connectivity index (χ2v) is 8.15. The van der Waals surface area contributed by atoms with Crippen LogP contribution < -0.4 is 14.4 Å². The summed E-state index contributed by atoms with van der Waals surface area (Å²) < 4.78 is 13.3. The van der Waals surface area contributed by atoms with E-state index in [0.717, 1.165) is 48.9 Å². The fourth-order valence-electron chi connectivity index (χ4n) is 3.88. The van der Waals surface area contributed by atoms with Crippen molar-refractivity contribution >= 4 is 5.69 Å². The molecule has 0 amide bonds. The molecule has 7 heteroatoms. The zero-order valence-corrected chi connectivity index (χ0v) is 17.8. The van der Waals surface area contributed by atoms with E-state index < -0.39 is 0 Å². The lowest BCUT2D eigenvalue weighted by molar-refractivity contribution is 0.276. The number of anilines is 1. The zero-order valence-electron chi connectivity index (χ0n) is 17.8. The van der Waals surface area contributed by atoms with Gasteiger partial charge in [0.2, 0.25) is 0 Å². The molecule has 0 radical (unpaired) electrons. The summed E-state index contributed by atoms with van der Waals surface area (Å²) in [4.78, 5) is 11.8. The quantitative estimate of drug-likeness (QED) is 0.592. The van der Waals surface area contributed by atoms with Crippen LogP contribution in [-0.2, 0) is 19.6 Å². The van der Waals surface area contributed by atoms with Gasteiger partial charge in [-0.05, 0) is 55.9 Å². The molecule has 1 saturated carbocycles. The second-order valence-electron chi connectivity index (χ2n) is 8.15. The average molecular weight is 406 g/mol. The van der Waals surface area contributed by atoms with Gasteiger partial charge in [0.05, 0.1) is 43.5 Å². The fraction of sp³-hybridized carbons (Fsp3) is 0.435. The van der Waals surface area contributed by atoms with Gasteiger partial charge in [-0.15, -0.1) is 0 Å². The summed E-state index contributed by atoms with van der Waals surface area (Å²) in [5, 5.41) is 4.41. The average Bonchev–Trinajstić information content (AvgIpc) is 3.28. The van der Waals surface area contributed by atoms with Gasteiger partial charge in [0.15, 0.2) is 5.75 Å². The topological polar surface area (TPSA) is 65.3 Å². The Kier molecular flexibility index (Phi) is 4.81. The Hall–Kier alpha value is -3.09. The van der Waals surface area contributed by atoms with Gasteiger partial charge in [0, 0.05) is 31.0 Å². The molecule has 1 aliphatic heterocycles. The Morgan fingerprint density at radius 2 is 2.03 bits per heavy atom. The standard InChI is InChI=1S/C23H27N5O2/c1-4-28-11-18(10-25-28)27-12-19-15(2)7-20(26-21(19)13-27)17-8-22(23(29-3)24-9-17)30-14-16-5-6-16/h7-11,16H,4-6,12-14H2,1-3H3. The van der Waals surface area contributed by atoms with Crippen LogP contribution in [-0.4, -0.2) is 33.5 Å². The molecule has 2 aliphatic rings. The number of fused-ring (bicyclic) bond motifs is 1. The first-order valence-electron chi connectivity index (χ1n) is 10.6. The van der Waals surface area contributed by atoms with E-state index in [1.165, 1.54) is 24.0 Å². The maximum Gasteiger partial charge on any atom is 0.256 e. The van der Waals surface area contributed by atoms with Crippen LogP contribution in [0, 0.1) is 12.8 Å². The molecular formula is C23H27N5O2. The van der Waals surface area contributed by atoms with Crippen molar-refractivity contribution in [1.29, 1.82) is 0 Å². The van der Waals surface area contributed by atoms with Gasteiger partial charge in [-0.25, -0.2) is 4.98 Å². The number of ether oxygens (including phenoxy) is 2. The summed E-state index contributed by atoms with van der Waals surface area (Å²) >= 11 is 0. The second kappa shape index (κ2) is 7.63. The highest BCUT2D eigenvalue weighted by Crippen LogP contribution is 2.35. The van der Waals surface area contributed by atoms with E-state index in [0.29, 0.717) is 17.5 Å². The molecule has 0 atom stereocenters. The van der Waals surface area contributed by atoms with Gasteiger partial charge >= 0.3 is 0 Å². The monoisotopic (exact) mass is 405 g/mol. The number of aromatic nitrogens is 4. The summed E-state index contributed by atoms with van der Waals surface area (Å²) in [5.74, 6) is 1.88. The van der Waals surface area contributed by atoms with E-state index in [2.05, 4.69) is 41.1 Å². The van der Waals surface area contributed by atoms with E-state index in [-0.39, 0.29) is 0 Å². The number of hydrogen-bond donors (Lipinski definition) is 0. The van der Waals surface area contributed by atoms with Crippen LogP contribution in [0.25, 0.3) is 11.3 Å². The molecule has 4 heterocycles. The highest BCUT2D eigenvalue weighted by molar-refractivity contribution is 5.64. The Labute approximate surface area is 176 Å². The van der Waals surface area contributed by atoms with Crippen molar-refractivity contribution in [2.24, 2.45) is 5.92 Å². The van der Waals surface area contributed by atoms with Crippen molar-refractivity contribution in [1.82, 2.24) is 19.7 Å². The lowest BCUT2D eigenvalue weighted by Crippen LogP contribution is -2.13. The van der Waals surface area contributed by atoms with Crippen molar-refractivity contribution in [3.63, 3.8) is 0 Å². The van der Waals surface area contributed by atoms with Gasteiger partial charge in [-0.2, -0.15) is 5.10 Å². The summed E-state index contributed by atoms with van der Waals surface area (Å²) in [5.41, 5.74) is 6.67. The Morgan fingerprint density at radius 3 is 2.77 bits per heavy atom. The molecule has 156 valence electrons. The maximum atomic E-state index is 5.99. The third kappa shape index (κ3) is 3.60. The molecule has 30 heavy (non-hydrogen) atoms. The third-order valence-electron chi connectivity index (χ3n) is 5.91. The number of methoxy groups -OCH3 is 1. The number of nitrogens with zero attached hydrogens (tertiary/aromatic N) is 5.